The van der Waals surface area contributed by atoms with E-state index in [2.05, 4.69) is 20.3 Å². The zero-order valence-corrected chi connectivity index (χ0v) is 12.8. The maximum absolute atomic E-state index is 12.0. The number of aromatic amines is 1. The van der Waals surface area contributed by atoms with Crippen molar-refractivity contribution in [2.24, 2.45) is 0 Å². The fraction of sp³-hybridized carbons (Fsp3) is 0.312. The number of fused-ring (bicyclic) bond motifs is 1. The Morgan fingerprint density at radius 2 is 2.18 bits per heavy atom. The molecule has 112 valence electrons. The number of thiazole rings is 1. The molecular formula is C16H16N4OS. The number of aryl methyl sites for hydroxylation is 1. The normalized spacial score (nSPS) is 14.4. The number of carbonyl (C=O) groups is 1. The summed E-state index contributed by atoms with van der Waals surface area (Å²) in [6.07, 6.45) is 3.45. The van der Waals surface area contributed by atoms with E-state index in [0.29, 0.717) is 23.9 Å². The van der Waals surface area contributed by atoms with Crippen LogP contribution in [0.2, 0.25) is 0 Å². The molecule has 1 saturated carbocycles. The quantitative estimate of drug-likeness (QED) is 0.758. The number of imidazole rings is 1. The molecule has 2 aromatic heterocycles. The van der Waals surface area contributed by atoms with E-state index in [1.54, 1.807) is 0 Å². The number of amides is 1. The maximum Gasteiger partial charge on any atom is 0.226 e. The third-order valence-corrected chi connectivity index (χ3v) is 4.57. The minimum Gasteiger partial charge on any atom is -0.342 e. The Labute approximate surface area is 131 Å². The van der Waals surface area contributed by atoms with E-state index in [4.69, 9.17) is 0 Å². The zero-order valence-electron chi connectivity index (χ0n) is 12.0. The highest BCUT2D eigenvalue weighted by atomic mass is 32.1. The lowest BCUT2D eigenvalue weighted by molar-refractivity contribution is -0.116. The highest BCUT2D eigenvalue weighted by molar-refractivity contribution is 7.13. The van der Waals surface area contributed by atoms with Gasteiger partial charge in [-0.1, -0.05) is 12.1 Å². The minimum atomic E-state index is -0.0165. The van der Waals surface area contributed by atoms with Gasteiger partial charge in [0.1, 0.15) is 5.82 Å². The Bertz CT molecular complexity index is 785. The van der Waals surface area contributed by atoms with E-state index < -0.39 is 0 Å². The molecule has 0 bridgehead atoms. The van der Waals surface area contributed by atoms with Crippen LogP contribution in [0.5, 0.6) is 0 Å². The molecule has 1 aliphatic rings. The van der Waals surface area contributed by atoms with Crippen molar-refractivity contribution in [1.82, 2.24) is 15.0 Å². The molecule has 0 spiro atoms. The van der Waals surface area contributed by atoms with Crippen LogP contribution in [-0.4, -0.2) is 20.9 Å². The highest BCUT2D eigenvalue weighted by Crippen LogP contribution is 2.40. The summed E-state index contributed by atoms with van der Waals surface area (Å²) in [5, 5.41) is 5.63. The van der Waals surface area contributed by atoms with Crippen LogP contribution >= 0.6 is 11.3 Å². The first-order valence-corrected chi connectivity index (χ1v) is 8.35. The Hall–Kier alpha value is -2.21. The first kappa shape index (κ1) is 13.5. The lowest BCUT2D eigenvalue weighted by Crippen LogP contribution is -2.12. The standard InChI is InChI=1S/C16H16N4OS/c21-15(20-16-19-13(9-22-16)10-5-6-10)8-7-14-17-11-3-1-2-4-12(11)18-14/h1-4,9-10H,5-8H2,(H,17,18)(H,19,20,21). The van der Waals surface area contributed by atoms with E-state index >= 15 is 0 Å². The molecule has 1 aliphatic carbocycles. The Morgan fingerprint density at radius 3 is 3.00 bits per heavy atom. The summed E-state index contributed by atoms with van der Waals surface area (Å²) in [6.45, 7) is 0. The Morgan fingerprint density at radius 1 is 1.32 bits per heavy atom. The van der Waals surface area contributed by atoms with Crippen LogP contribution in [0.1, 0.15) is 36.7 Å². The van der Waals surface area contributed by atoms with Crippen molar-refractivity contribution < 1.29 is 4.79 Å². The van der Waals surface area contributed by atoms with Crippen molar-refractivity contribution in [2.75, 3.05) is 5.32 Å². The number of carbonyl (C=O) groups excluding carboxylic acids is 1. The number of hydrogen-bond acceptors (Lipinski definition) is 4. The summed E-state index contributed by atoms with van der Waals surface area (Å²) in [5.41, 5.74) is 3.07. The maximum atomic E-state index is 12.0. The molecular weight excluding hydrogens is 296 g/mol. The van der Waals surface area contributed by atoms with Crippen LogP contribution < -0.4 is 5.32 Å². The van der Waals surface area contributed by atoms with E-state index in [0.717, 1.165) is 22.6 Å². The van der Waals surface area contributed by atoms with Gasteiger partial charge in [-0.25, -0.2) is 9.97 Å². The van der Waals surface area contributed by atoms with Crippen LogP contribution in [0.25, 0.3) is 11.0 Å². The van der Waals surface area contributed by atoms with Crippen molar-refractivity contribution in [3.63, 3.8) is 0 Å². The predicted octanol–water partition coefficient (Wildman–Crippen LogP) is 3.47. The molecule has 0 saturated heterocycles. The average molecular weight is 312 g/mol. The van der Waals surface area contributed by atoms with Crippen molar-refractivity contribution in [3.05, 3.63) is 41.2 Å². The fourth-order valence-electron chi connectivity index (χ4n) is 2.45. The average Bonchev–Trinajstić information content (AvgIpc) is 3.12. The predicted molar refractivity (Wildman–Crippen MR) is 87.1 cm³/mol. The number of nitrogens with zero attached hydrogens (tertiary/aromatic N) is 2. The van der Waals surface area contributed by atoms with Crippen LogP contribution in [-0.2, 0) is 11.2 Å². The third-order valence-electron chi connectivity index (χ3n) is 3.79. The molecule has 3 aromatic rings. The van der Waals surface area contributed by atoms with Gasteiger partial charge in [0.2, 0.25) is 5.91 Å². The molecule has 1 aromatic carbocycles. The van der Waals surface area contributed by atoms with Crippen LogP contribution in [0.3, 0.4) is 0 Å². The molecule has 2 heterocycles. The lowest BCUT2D eigenvalue weighted by atomic mass is 10.3. The second-order valence-corrected chi connectivity index (χ2v) is 6.46. The van der Waals surface area contributed by atoms with Gasteiger partial charge in [0.05, 0.1) is 16.7 Å². The van der Waals surface area contributed by atoms with Gasteiger partial charge in [-0.3, -0.25) is 4.79 Å². The number of anilines is 1. The van der Waals surface area contributed by atoms with Crippen molar-refractivity contribution in [1.29, 1.82) is 0 Å². The molecule has 2 N–H and O–H groups in total. The van der Waals surface area contributed by atoms with Crippen LogP contribution in [0.4, 0.5) is 5.13 Å². The third kappa shape index (κ3) is 2.87. The van der Waals surface area contributed by atoms with E-state index in [-0.39, 0.29) is 5.91 Å². The minimum absolute atomic E-state index is 0.0165. The second kappa shape index (κ2) is 5.53. The molecule has 0 radical (unpaired) electrons. The van der Waals surface area contributed by atoms with E-state index in [1.165, 1.54) is 24.2 Å². The van der Waals surface area contributed by atoms with Gasteiger partial charge in [-0.2, -0.15) is 0 Å². The molecule has 5 nitrogen and oxygen atoms in total. The van der Waals surface area contributed by atoms with Gasteiger partial charge >= 0.3 is 0 Å². The molecule has 6 heteroatoms. The molecule has 0 aliphatic heterocycles. The summed E-state index contributed by atoms with van der Waals surface area (Å²) >= 11 is 1.51. The first-order valence-electron chi connectivity index (χ1n) is 7.47. The Balaban J connectivity index is 1.35. The fourth-order valence-corrected chi connectivity index (χ4v) is 3.26. The largest absolute Gasteiger partial charge is 0.342 e. The molecule has 22 heavy (non-hydrogen) atoms. The number of para-hydroxylation sites is 2. The van der Waals surface area contributed by atoms with Gasteiger partial charge in [-0.05, 0) is 25.0 Å². The molecule has 0 unspecified atom stereocenters. The summed E-state index contributed by atoms with van der Waals surface area (Å²) in [7, 11) is 0. The lowest BCUT2D eigenvalue weighted by Gasteiger charge is -2.00. The topological polar surface area (TPSA) is 70.7 Å². The summed E-state index contributed by atoms with van der Waals surface area (Å²) in [6, 6.07) is 7.88. The molecule has 4 rings (SSSR count). The Kier molecular flexibility index (Phi) is 3.38. The highest BCUT2D eigenvalue weighted by Gasteiger charge is 2.26. The van der Waals surface area contributed by atoms with Gasteiger partial charge in [0.25, 0.3) is 0 Å². The summed E-state index contributed by atoms with van der Waals surface area (Å²) < 4.78 is 0. The van der Waals surface area contributed by atoms with Gasteiger partial charge in [0.15, 0.2) is 5.13 Å². The van der Waals surface area contributed by atoms with E-state index in [1.807, 2.05) is 29.6 Å². The summed E-state index contributed by atoms with van der Waals surface area (Å²) in [5.74, 6) is 1.45. The van der Waals surface area contributed by atoms with Crippen LogP contribution in [0, 0.1) is 0 Å². The summed E-state index contributed by atoms with van der Waals surface area (Å²) in [4.78, 5) is 24.2. The number of rotatable bonds is 5. The van der Waals surface area contributed by atoms with Gasteiger partial charge in [0, 0.05) is 24.1 Å². The van der Waals surface area contributed by atoms with Gasteiger partial charge in [-0.15, -0.1) is 11.3 Å². The first-order chi connectivity index (χ1) is 10.8. The number of hydrogen-bond donors (Lipinski definition) is 2. The van der Waals surface area contributed by atoms with Crippen molar-refractivity contribution in [3.8, 4) is 0 Å². The number of benzene rings is 1. The molecule has 1 fully saturated rings. The number of nitrogens with one attached hydrogen (secondary N) is 2. The monoisotopic (exact) mass is 312 g/mol. The van der Waals surface area contributed by atoms with E-state index in [9.17, 15) is 4.79 Å². The smallest absolute Gasteiger partial charge is 0.226 e. The molecule has 0 atom stereocenters. The zero-order chi connectivity index (χ0) is 14.9. The second-order valence-electron chi connectivity index (χ2n) is 5.60. The SMILES string of the molecule is O=C(CCc1nc2ccccc2[nH]1)Nc1nc(C2CC2)cs1. The van der Waals surface area contributed by atoms with Gasteiger partial charge < -0.3 is 10.3 Å². The van der Waals surface area contributed by atoms with Crippen molar-refractivity contribution in [2.45, 2.75) is 31.6 Å². The van der Waals surface area contributed by atoms with Crippen molar-refractivity contribution >= 4 is 33.4 Å². The van der Waals surface area contributed by atoms with Crippen LogP contribution in [0.15, 0.2) is 29.6 Å². The number of aromatic nitrogens is 3. The molecule has 1 amide bonds. The number of H-pyrrole nitrogens is 1.